The van der Waals surface area contributed by atoms with Crippen LogP contribution in [0.25, 0.3) is 0 Å². The van der Waals surface area contributed by atoms with Gasteiger partial charge in [0.2, 0.25) is 0 Å². The van der Waals surface area contributed by atoms with Crippen LogP contribution in [0.5, 0.6) is 0 Å². The molecule has 0 N–H and O–H groups in total. The lowest BCUT2D eigenvalue weighted by atomic mass is 9.94. The highest BCUT2D eigenvalue weighted by molar-refractivity contribution is 4.94. The molecular weight excluding hydrogens is 296 g/mol. The van der Waals surface area contributed by atoms with Gasteiger partial charge in [0.15, 0.2) is 17.9 Å². The fourth-order valence-corrected chi connectivity index (χ4v) is 4.63. The lowest BCUT2D eigenvalue weighted by Gasteiger charge is -2.39. The molecule has 2 aliphatic heterocycles. The second kappa shape index (κ2) is 6.60. The monoisotopic (exact) mass is 326 g/mol. The smallest absolute Gasteiger partial charge is 0.189 e. The van der Waals surface area contributed by atoms with E-state index in [4.69, 9.17) is 23.7 Å². The molecule has 0 amide bonds. The van der Waals surface area contributed by atoms with E-state index in [9.17, 15) is 0 Å². The lowest BCUT2D eigenvalue weighted by molar-refractivity contribution is -0.333. The first-order chi connectivity index (χ1) is 11.2. The summed E-state index contributed by atoms with van der Waals surface area (Å²) in [6, 6.07) is 0. The molecule has 2 saturated heterocycles. The minimum atomic E-state index is -0.488. The standard InChI is InChI=1S/C18H30O5/c1-2-20-17(9-5-3-6-10-17)23-16-15-14(13-19-16)21-18(22-15)11-7-4-8-12-18/h14-16H,2-13H2,1H3/t14-,15-,16?/m1/s1. The Labute approximate surface area is 138 Å². The van der Waals surface area contributed by atoms with E-state index in [2.05, 4.69) is 0 Å². The van der Waals surface area contributed by atoms with Gasteiger partial charge < -0.3 is 23.7 Å². The maximum absolute atomic E-state index is 6.38. The molecule has 0 bridgehead atoms. The van der Waals surface area contributed by atoms with Crippen LogP contribution in [0, 0.1) is 0 Å². The zero-order valence-corrected chi connectivity index (χ0v) is 14.3. The van der Waals surface area contributed by atoms with Gasteiger partial charge in [-0.3, -0.25) is 0 Å². The van der Waals surface area contributed by atoms with Crippen LogP contribution >= 0.6 is 0 Å². The molecule has 4 fully saturated rings. The highest BCUT2D eigenvalue weighted by atomic mass is 16.8. The Bertz CT molecular complexity index is 395. The summed E-state index contributed by atoms with van der Waals surface area (Å²) >= 11 is 0. The molecule has 4 aliphatic rings. The van der Waals surface area contributed by atoms with Crippen molar-refractivity contribution in [1.82, 2.24) is 0 Å². The molecule has 3 atom stereocenters. The van der Waals surface area contributed by atoms with Gasteiger partial charge in [-0.05, 0) is 32.6 Å². The van der Waals surface area contributed by atoms with E-state index in [1.807, 2.05) is 6.92 Å². The molecule has 5 nitrogen and oxygen atoms in total. The van der Waals surface area contributed by atoms with Gasteiger partial charge in [-0.25, -0.2) is 0 Å². The Morgan fingerprint density at radius 2 is 1.61 bits per heavy atom. The van der Waals surface area contributed by atoms with E-state index in [0.717, 1.165) is 38.5 Å². The van der Waals surface area contributed by atoms with Crippen LogP contribution in [0.2, 0.25) is 0 Å². The summed E-state index contributed by atoms with van der Waals surface area (Å²) in [5.74, 6) is -0.859. The molecule has 0 aromatic carbocycles. The molecule has 23 heavy (non-hydrogen) atoms. The Morgan fingerprint density at radius 1 is 0.913 bits per heavy atom. The maximum Gasteiger partial charge on any atom is 0.189 e. The van der Waals surface area contributed by atoms with Crippen molar-refractivity contribution >= 4 is 0 Å². The van der Waals surface area contributed by atoms with E-state index in [1.165, 1.54) is 25.7 Å². The van der Waals surface area contributed by atoms with Gasteiger partial charge in [0, 0.05) is 32.3 Å². The van der Waals surface area contributed by atoms with Crippen molar-refractivity contribution in [3.63, 3.8) is 0 Å². The number of rotatable bonds is 4. The van der Waals surface area contributed by atoms with E-state index in [0.29, 0.717) is 13.2 Å². The van der Waals surface area contributed by atoms with Gasteiger partial charge in [-0.1, -0.05) is 12.8 Å². The zero-order chi connectivity index (χ0) is 15.8. The van der Waals surface area contributed by atoms with Crippen LogP contribution in [-0.4, -0.2) is 43.3 Å². The van der Waals surface area contributed by atoms with Crippen molar-refractivity contribution in [3.05, 3.63) is 0 Å². The SMILES string of the molecule is CCOC1(OC2OC[C@H]3OC4(CCCCC4)O[C@@H]23)CCCCC1. The Morgan fingerprint density at radius 3 is 2.30 bits per heavy atom. The van der Waals surface area contributed by atoms with Crippen LogP contribution in [-0.2, 0) is 23.7 Å². The van der Waals surface area contributed by atoms with Crippen LogP contribution < -0.4 is 0 Å². The third-order valence-corrected chi connectivity index (χ3v) is 5.75. The van der Waals surface area contributed by atoms with Gasteiger partial charge in [0.1, 0.15) is 12.2 Å². The molecular formula is C18H30O5. The Balaban J connectivity index is 1.43. The molecule has 0 aromatic heterocycles. The molecule has 2 aliphatic carbocycles. The summed E-state index contributed by atoms with van der Waals surface area (Å²) in [7, 11) is 0. The average molecular weight is 326 g/mol. The summed E-state index contributed by atoms with van der Waals surface area (Å²) in [6.45, 7) is 3.27. The third-order valence-electron chi connectivity index (χ3n) is 5.75. The summed E-state index contributed by atoms with van der Waals surface area (Å²) in [6.07, 6.45) is 10.7. The predicted octanol–water partition coefficient (Wildman–Crippen LogP) is 3.50. The summed E-state index contributed by atoms with van der Waals surface area (Å²) < 4.78 is 30.9. The minimum absolute atomic E-state index is 0.0142. The minimum Gasteiger partial charge on any atom is -0.350 e. The Kier molecular flexibility index (Phi) is 4.67. The van der Waals surface area contributed by atoms with Crippen molar-refractivity contribution in [2.24, 2.45) is 0 Å². The second-order valence-corrected chi connectivity index (χ2v) is 7.43. The van der Waals surface area contributed by atoms with Gasteiger partial charge >= 0.3 is 0 Å². The summed E-state index contributed by atoms with van der Waals surface area (Å²) in [5.41, 5.74) is 0. The van der Waals surface area contributed by atoms with Gasteiger partial charge in [0.25, 0.3) is 0 Å². The molecule has 2 heterocycles. The van der Waals surface area contributed by atoms with Crippen molar-refractivity contribution < 1.29 is 23.7 Å². The number of hydrogen-bond acceptors (Lipinski definition) is 5. The Hall–Kier alpha value is -0.200. The van der Waals surface area contributed by atoms with Gasteiger partial charge in [-0.15, -0.1) is 0 Å². The molecule has 1 spiro atoms. The fourth-order valence-electron chi connectivity index (χ4n) is 4.63. The first-order valence-electron chi connectivity index (χ1n) is 9.53. The highest BCUT2D eigenvalue weighted by Gasteiger charge is 2.56. The topological polar surface area (TPSA) is 46.2 Å². The van der Waals surface area contributed by atoms with Gasteiger partial charge in [0.05, 0.1) is 6.61 Å². The second-order valence-electron chi connectivity index (χ2n) is 7.43. The molecule has 1 unspecified atom stereocenters. The van der Waals surface area contributed by atoms with E-state index >= 15 is 0 Å². The first kappa shape index (κ1) is 16.3. The third kappa shape index (κ3) is 3.19. The number of hydrogen-bond donors (Lipinski definition) is 0. The van der Waals surface area contributed by atoms with Crippen LogP contribution in [0.3, 0.4) is 0 Å². The number of ether oxygens (including phenoxy) is 5. The van der Waals surface area contributed by atoms with Crippen LogP contribution in [0.1, 0.15) is 71.1 Å². The highest BCUT2D eigenvalue weighted by Crippen LogP contribution is 2.45. The normalized spacial score (nSPS) is 38.7. The van der Waals surface area contributed by atoms with Crippen LogP contribution in [0.15, 0.2) is 0 Å². The van der Waals surface area contributed by atoms with Crippen molar-refractivity contribution in [1.29, 1.82) is 0 Å². The van der Waals surface area contributed by atoms with Crippen molar-refractivity contribution in [2.75, 3.05) is 13.2 Å². The molecule has 4 rings (SSSR count). The van der Waals surface area contributed by atoms with E-state index < -0.39 is 5.79 Å². The molecule has 0 aromatic rings. The van der Waals surface area contributed by atoms with Gasteiger partial charge in [-0.2, -0.15) is 0 Å². The quantitative estimate of drug-likeness (QED) is 0.740. The van der Waals surface area contributed by atoms with E-state index in [1.54, 1.807) is 0 Å². The van der Waals surface area contributed by atoms with Crippen molar-refractivity contribution in [2.45, 2.75) is 101 Å². The lowest BCUT2D eigenvalue weighted by Crippen LogP contribution is -2.45. The van der Waals surface area contributed by atoms with E-state index in [-0.39, 0.29) is 24.3 Å². The molecule has 0 radical (unpaired) electrons. The molecule has 5 heteroatoms. The average Bonchev–Trinajstić information content (AvgIpc) is 3.08. The summed E-state index contributed by atoms with van der Waals surface area (Å²) in [5, 5.41) is 0. The van der Waals surface area contributed by atoms with Crippen LogP contribution in [0.4, 0.5) is 0 Å². The summed E-state index contributed by atoms with van der Waals surface area (Å²) in [4.78, 5) is 0. The van der Waals surface area contributed by atoms with Crippen molar-refractivity contribution in [3.8, 4) is 0 Å². The zero-order valence-electron chi connectivity index (χ0n) is 14.3. The fraction of sp³-hybridized carbons (Fsp3) is 1.00. The largest absolute Gasteiger partial charge is 0.350 e. The number of fused-ring (bicyclic) bond motifs is 1. The first-order valence-corrected chi connectivity index (χ1v) is 9.53. The predicted molar refractivity (Wildman–Crippen MR) is 83.8 cm³/mol. The molecule has 132 valence electrons. The molecule has 2 saturated carbocycles. The maximum atomic E-state index is 6.38.